The van der Waals surface area contributed by atoms with E-state index >= 15 is 0 Å². The highest BCUT2D eigenvalue weighted by molar-refractivity contribution is 9.10. The second-order valence-corrected chi connectivity index (χ2v) is 31.8. The van der Waals surface area contributed by atoms with Crippen molar-refractivity contribution in [3.05, 3.63) is 70.5 Å². The summed E-state index contributed by atoms with van der Waals surface area (Å²) in [6.45, 7) is 27.1. The van der Waals surface area contributed by atoms with Crippen molar-refractivity contribution in [1.82, 2.24) is 49.5 Å². The molecule has 2 N–H and O–H groups in total. The number of benzene rings is 1. The van der Waals surface area contributed by atoms with Crippen LogP contribution in [0.1, 0.15) is 67.8 Å². The fraction of sp³-hybridized carbons (Fsp3) is 0.500. The lowest BCUT2D eigenvalue weighted by molar-refractivity contribution is -0.137. The summed E-state index contributed by atoms with van der Waals surface area (Å²) in [5.41, 5.74) is 1.76. The molecule has 14 nitrogen and oxygen atoms in total. The third kappa shape index (κ3) is 13.3. The molecular weight excluding hydrogens is 902 g/mol. The molecule has 0 saturated heterocycles. The van der Waals surface area contributed by atoms with E-state index in [0.717, 1.165) is 24.2 Å². The Morgan fingerprint density at radius 2 is 1.21 bits per heavy atom. The first-order valence-electron chi connectivity index (χ1n) is 20.3. The number of hydrogen-bond donors (Lipinski definition) is 2. The molecule has 0 spiro atoms. The van der Waals surface area contributed by atoms with E-state index in [-0.39, 0.29) is 29.9 Å². The van der Waals surface area contributed by atoms with Gasteiger partial charge < -0.3 is 29.2 Å². The van der Waals surface area contributed by atoms with Gasteiger partial charge in [0.1, 0.15) is 29.1 Å². The van der Waals surface area contributed by atoms with Crippen LogP contribution in [0.15, 0.2) is 53.8 Å². The Hall–Kier alpha value is -4.51. The predicted octanol–water partition coefficient (Wildman–Crippen LogP) is 9.66. The van der Waals surface area contributed by atoms with Crippen LogP contribution < -0.4 is 10.6 Å². The number of ether oxygens (including phenoxy) is 2. The van der Waals surface area contributed by atoms with E-state index in [1.54, 1.807) is 23.2 Å². The molecule has 0 atom stereocenters. The van der Waals surface area contributed by atoms with Crippen molar-refractivity contribution >= 4 is 77.1 Å². The monoisotopic (exact) mass is 958 g/mol. The number of rotatable bonds is 13. The second-order valence-electron chi connectivity index (χ2n) is 19.7. The quantitative estimate of drug-likeness (QED) is 0.0850. The fourth-order valence-corrected chi connectivity index (χ4v) is 7.79. The number of nitrogens with zero attached hydrogens (tertiary/aromatic N) is 8. The second kappa shape index (κ2) is 18.7. The number of hydrogen-bond acceptors (Lipinski definition) is 9. The molecule has 6 aromatic rings. The summed E-state index contributed by atoms with van der Waals surface area (Å²) >= 11 is 3.33. The smallest absolute Gasteiger partial charge is 0.361 e. The minimum Gasteiger partial charge on any atom is -0.361 e. The molecule has 0 aliphatic heterocycles. The maximum absolute atomic E-state index is 13.1. The molecule has 0 aliphatic rings. The van der Waals surface area contributed by atoms with Crippen LogP contribution in [0.5, 0.6) is 0 Å². The Balaban J connectivity index is 0.000000253. The zero-order valence-corrected chi connectivity index (χ0v) is 41.2. The van der Waals surface area contributed by atoms with Gasteiger partial charge in [-0.25, -0.2) is 24.6 Å². The lowest BCUT2D eigenvalue weighted by atomic mass is 10.1. The van der Waals surface area contributed by atoms with Crippen molar-refractivity contribution < 1.29 is 32.2 Å². The highest BCUT2D eigenvalue weighted by Crippen LogP contribution is 2.32. The van der Waals surface area contributed by atoms with E-state index in [4.69, 9.17) is 9.47 Å². The van der Waals surface area contributed by atoms with Crippen molar-refractivity contribution in [3.8, 4) is 5.82 Å². The van der Waals surface area contributed by atoms with Gasteiger partial charge in [-0.15, -0.1) is 0 Å². The van der Waals surface area contributed by atoms with E-state index in [0.29, 0.717) is 68.9 Å². The van der Waals surface area contributed by atoms with E-state index in [1.807, 2.05) is 46.1 Å². The Bertz CT molecular complexity index is 2550. The number of carbonyl (C=O) groups excluding carboxylic acids is 2. The maximum Gasteiger partial charge on any atom is 0.416 e. The molecule has 2 amide bonds. The Kier molecular flexibility index (Phi) is 14.6. The zero-order valence-electron chi connectivity index (χ0n) is 37.6. The molecule has 0 saturated carbocycles. The molecule has 1 aromatic carbocycles. The molecule has 5 aromatic heterocycles. The number of fused-ring (bicyclic) bond motifs is 3. The van der Waals surface area contributed by atoms with Crippen LogP contribution in [0.25, 0.3) is 39.0 Å². The van der Waals surface area contributed by atoms with Crippen molar-refractivity contribution in [3.63, 3.8) is 0 Å². The summed E-state index contributed by atoms with van der Waals surface area (Å²) in [6, 6.07) is 5.49. The average molecular weight is 960 g/mol. The van der Waals surface area contributed by atoms with Crippen molar-refractivity contribution in [2.75, 3.05) is 13.2 Å². The highest BCUT2D eigenvalue weighted by atomic mass is 79.9. The summed E-state index contributed by atoms with van der Waals surface area (Å²) < 4.78 is 56.7. The number of carbonyl (C=O) groups is 2. The molecule has 0 unspecified atom stereocenters. The molecule has 0 aliphatic carbocycles. The van der Waals surface area contributed by atoms with E-state index in [1.165, 1.54) is 23.1 Å². The summed E-state index contributed by atoms with van der Waals surface area (Å²) in [6.07, 6.45) is 3.45. The molecule has 20 heteroatoms. The highest BCUT2D eigenvalue weighted by Gasteiger charge is 2.31. The molecule has 336 valence electrons. The minimum absolute atomic E-state index is 0.161. The van der Waals surface area contributed by atoms with Crippen LogP contribution in [0.3, 0.4) is 0 Å². The van der Waals surface area contributed by atoms with Crippen LogP contribution in [-0.2, 0) is 29.1 Å². The van der Waals surface area contributed by atoms with Crippen LogP contribution in [0.4, 0.5) is 13.2 Å². The predicted molar refractivity (Wildman–Crippen MR) is 245 cm³/mol. The summed E-state index contributed by atoms with van der Waals surface area (Å²) in [7, 11) is -2.39. The largest absolute Gasteiger partial charge is 0.416 e. The van der Waals surface area contributed by atoms with Crippen LogP contribution >= 0.6 is 15.9 Å². The van der Waals surface area contributed by atoms with Gasteiger partial charge in [0.15, 0.2) is 17.1 Å². The Labute approximate surface area is 370 Å². The SMILES string of the molecule is CC(C)(C)NC(=O)c1cn(COCC[Si](C)(C)C)c2ncc(-n3ncc4cc(C(F)(F)F)ccc43)nc12.CC(C)(C)NC(=O)c1cn(COCC[Si](C)(C)C)c2ncc(Br)nc12. The average Bonchev–Trinajstić information content (AvgIpc) is 3.82. The van der Waals surface area contributed by atoms with Crippen molar-refractivity contribution in [1.29, 1.82) is 0 Å². The summed E-state index contributed by atoms with van der Waals surface area (Å²) in [4.78, 5) is 43.8. The topological polar surface area (TPSA) is 156 Å². The first-order valence-corrected chi connectivity index (χ1v) is 28.5. The number of aromatic nitrogens is 8. The van der Waals surface area contributed by atoms with Gasteiger partial charge in [-0.2, -0.15) is 18.3 Å². The first kappa shape index (κ1) is 48.5. The van der Waals surface area contributed by atoms with Gasteiger partial charge in [0, 0.05) is 58.2 Å². The van der Waals surface area contributed by atoms with Gasteiger partial charge in [0.05, 0.1) is 40.8 Å². The summed E-state index contributed by atoms with van der Waals surface area (Å²) in [5, 5.41) is 10.5. The molecule has 0 fully saturated rings. The normalized spacial score (nSPS) is 12.8. The van der Waals surface area contributed by atoms with Crippen LogP contribution in [0, 0.1) is 0 Å². The number of alkyl halides is 3. The molecule has 0 radical (unpaired) electrons. The number of amides is 2. The van der Waals surface area contributed by atoms with Gasteiger partial charge in [-0.3, -0.25) is 9.59 Å². The first-order chi connectivity index (χ1) is 28.6. The Morgan fingerprint density at radius 3 is 1.68 bits per heavy atom. The van der Waals surface area contributed by atoms with E-state index < -0.39 is 33.4 Å². The maximum atomic E-state index is 13.1. The lowest BCUT2D eigenvalue weighted by Gasteiger charge is -2.20. The third-order valence-electron chi connectivity index (χ3n) is 9.12. The number of halogens is 4. The van der Waals surface area contributed by atoms with E-state index in [9.17, 15) is 22.8 Å². The zero-order chi connectivity index (χ0) is 46.0. The van der Waals surface area contributed by atoms with Gasteiger partial charge in [-0.1, -0.05) is 39.3 Å². The fourth-order valence-electron chi connectivity index (χ4n) is 5.99. The third-order valence-corrected chi connectivity index (χ3v) is 12.9. The number of nitrogens with one attached hydrogen (secondary N) is 2. The van der Waals surface area contributed by atoms with Gasteiger partial charge >= 0.3 is 6.18 Å². The molecule has 6 rings (SSSR count). The summed E-state index contributed by atoms with van der Waals surface area (Å²) in [5.74, 6) is -0.194. The molecule has 62 heavy (non-hydrogen) atoms. The van der Waals surface area contributed by atoms with Crippen molar-refractivity contribution in [2.45, 2.75) is 124 Å². The van der Waals surface area contributed by atoms with Gasteiger partial charge in [0.2, 0.25) is 0 Å². The lowest BCUT2D eigenvalue weighted by Crippen LogP contribution is -2.40. The van der Waals surface area contributed by atoms with E-state index in [2.05, 4.69) is 90.9 Å². The van der Waals surface area contributed by atoms with Crippen molar-refractivity contribution in [2.24, 2.45) is 0 Å². The molecule has 5 heterocycles. The molecule has 0 bridgehead atoms. The molecular formula is C42H58BrF3N10O4Si2. The standard InChI is InChI=1S/C25H31F3N6O2Si.C17H27BrN4O2Si/c1-24(2,3)32-23(35)18-14-33(15-36-9-10-37(4,5)6)22-21(18)31-20(13-29-22)34-19-8-7-17(25(26,27)28)11-16(19)12-30-34;1-17(2,3)21-16(23)12-10-22(11-24-7-8-25(4,5)6)15-14(12)20-13(18)9-19-15/h7-8,11-14H,9-10,15H2,1-6H3,(H,32,35);9-10H,7-8,11H2,1-6H3,(H,21,23). The minimum atomic E-state index is -4.45. The van der Waals surface area contributed by atoms with Crippen LogP contribution in [0.2, 0.25) is 51.4 Å². The van der Waals surface area contributed by atoms with Gasteiger partial charge in [-0.05, 0) is 87.8 Å². The van der Waals surface area contributed by atoms with Crippen LogP contribution in [-0.4, -0.2) is 91.1 Å². The van der Waals surface area contributed by atoms with Gasteiger partial charge in [0.25, 0.3) is 11.8 Å². The Morgan fingerprint density at radius 1 is 0.726 bits per heavy atom.